The number of primary amides is 1. The van der Waals surface area contributed by atoms with Crippen LogP contribution in [0.15, 0.2) is 54.6 Å². The van der Waals surface area contributed by atoms with E-state index in [0.717, 1.165) is 21.5 Å². The highest BCUT2D eigenvalue weighted by molar-refractivity contribution is 6.18. The first-order valence-corrected chi connectivity index (χ1v) is 8.48. The summed E-state index contributed by atoms with van der Waals surface area (Å²) >= 11 is 0. The molecule has 0 saturated carbocycles. The van der Waals surface area contributed by atoms with E-state index in [1.165, 1.54) is 0 Å². The monoisotopic (exact) mass is 334 g/mol. The van der Waals surface area contributed by atoms with Gasteiger partial charge >= 0.3 is 0 Å². The van der Waals surface area contributed by atoms with Gasteiger partial charge in [-0.2, -0.15) is 0 Å². The van der Waals surface area contributed by atoms with Gasteiger partial charge in [0.25, 0.3) is 5.91 Å². The molecule has 0 bridgehead atoms. The molecule has 128 valence electrons. The molecule has 0 heterocycles. The van der Waals surface area contributed by atoms with Crippen LogP contribution < -0.4 is 11.1 Å². The molecule has 0 aliphatic carbocycles. The predicted molar refractivity (Wildman–Crippen MR) is 101 cm³/mol. The number of rotatable bonds is 5. The van der Waals surface area contributed by atoms with Gasteiger partial charge in [-0.05, 0) is 39.9 Å². The lowest BCUT2D eigenvalue weighted by Gasteiger charge is -2.19. The number of amides is 2. The molecule has 3 aromatic rings. The van der Waals surface area contributed by atoms with E-state index in [-0.39, 0.29) is 11.8 Å². The number of nitrogens with one attached hydrogen (secondary N) is 1. The number of carbonyl (C=O) groups excluding carboxylic acids is 2. The number of hydrogen-bond donors (Lipinski definition) is 2. The molecule has 0 spiro atoms. The van der Waals surface area contributed by atoms with Crippen molar-refractivity contribution in [2.45, 2.75) is 26.3 Å². The minimum atomic E-state index is -0.676. The molecule has 0 unspecified atom stereocenters. The summed E-state index contributed by atoms with van der Waals surface area (Å²) < 4.78 is 0. The Labute approximate surface area is 147 Å². The molecular formula is C21H22N2O2. The molecule has 0 radical (unpaired) electrons. The minimum absolute atomic E-state index is 0.252. The molecule has 2 amide bonds. The van der Waals surface area contributed by atoms with Gasteiger partial charge in [0.15, 0.2) is 0 Å². The molecular weight excluding hydrogens is 312 g/mol. The molecule has 1 atom stereocenters. The third kappa shape index (κ3) is 3.48. The van der Waals surface area contributed by atoms with Crippen LogP contribution in [-0.2, 0) is 4.79 Å². The highest BCUT2D eigenvalue weighted by Crippen LogP contribution is 2.28. The van der Waals surface area contributed by atoms with E-state index in [0.29, 0.717) is 12.0 Å². The van der Waals surface area contributed by atoms with E-state index in [1.54, 1.807) is 0 Å². The fourth-order valence-electron chi connectivity index (χ4n) is 3.21. The lowest BCUT2D eigenvalue weighted by molar-refractivity contribution is -0.120. The van der Waals surface area contributed by atoms with Gasteiger partial charge in [-0.1, -0.05) is 62.4 Å². The standard InChI is InChI=1S/C21H22N2O2/c1-13(2)11-18(20(22)24)23-21(25)19-16-9-5-3-7-14(16)12-15-8-4-6-10-17(15)19/h3-10,12-13,18H,11H2,1-2H3,(H2,22,24)(H,23,25)/t18-/m0/s1. The average Bonchev–Trinajstić information content (AvgIpc) is 2.58. The van der Waals surface area contributed by atoms with Crippen LogP contribution in [0.2, 0.25) is 0 Å². The van der Waals surface area contributed by atoms with Gasteiger partial charge in [-0.3, -0.25) is 9.59 Å². The quantitative estimate of drug-likeness (QED) is 0.700. The molecule has 4 nitrogen and oxygen atoms in total. The van der Waals surface area contributed by atoms with Gasteiger partial charge in [-0.15, -0.1) is 0 Å². The Bertz CT molecular complexity index is 893. The average molecular weight is 334 g/mol. The Kier molecular flexibility index (Phi) is 4.70. The minimum Gasteiger partial charge on any atom is -0.368 e. The number of carbonyl (C=O) groups is 2. The summed E-state index contributed by atoms with van der Waals surface area (Å²) in [4.78, 5) is 24.8. The van der Waals surface area contributed by atoms with Gasteiger partial charge in [0.1, 0.15) is 6.04 Å². The van der Waals surface area contributed by atoms with Gasteiger partial charge in [0, 0.05) is 0 Å². The van der Waals surface area contributed by atoms with E-state index >= 15 is 0 Å². The van der Waals surface area contributed by atoms with Crippen molar-refractivity contribution in [3.05, 3.63) is 60.2 Å². The maximum atomic E-state index is 13.1. The first-order chi connectivity index (χ1) is 12.0. The molecule has 0 aromatic heterocycles. The van der Waals surface area contributed by atoms with Crippen LogP contribution in [0.3, 0.4) is 0 Å². The lowest BCUT2D eigenvalue weighted by Crippen LogP contribution is -2.45. The molecule has 3 aromatic carbocycles. The van der Waals surface area contributed by atoms with Crippen LogP contribution in [0.1, 0.15) is 30.6 Å². The molecule has 0 aliphatic heterocycles. The van der Waals surface area contributed by atoms with Crippen molar-refractivity contribution in [1.29, 1.82) is 0 Å². The smallest absolute Gasteiger partial charge is 0.253 e. The zero-order valence-electron chi connectivity index (χ0n) is 14.5. The third-order valence-corrected chi connectivity index (χ3v) is 4.35. The summed E-state index contributed by atoms with van der Waals surface area (Å²) in [6.45, 7) is 3.99. The first kappa shape index (κ1) is 17.0. The van der Waals surface area contributed by atoms with Crippen LogP contribution in [0.4, 0.5) is 0 Å². The molecule has 3 N–H and O–H groups in total. The molecule has 0 saturated heterocycles. The largest absolute Gasteiger partial charge is 0.368 e. The Morgan fingerprint density at radius 2 is 1.48 bits per heavy atom. The molecule has 25 heavy (non-hydrogen) atoms. The van der Waals surface area contributed by atoms with Crippen LogP contribution in [0.25, 0.3) is 21.5 Å². The second-order valence-electron chi connectivity index (χ2n) is 6.75. The second kappa shape index (κ2) is 6.93. The Hall–Kier alpha value is -2.88. The predicted octanol–water partition coefficient (Wildman–Crippen LogP) is 3.62. The topological polar surface area (TPSA) is 72.2 Å². The van der Waals surface area contributed by atoms with Crippen molar-refractivity contribution in [2.24, 2.45) is 11.7 Å². The third-order valence-electron chi connectivity index (χ3n) is 4.35. The van der Waals surface area contributed by atoms with Crippen molar-refractivity contribution in [3.63, 3.8) is 0 Å². The zero-order chi connectivity index (χ0) is 18.0. The highest BCUT2D eigenvalue weighted by atomic mass is 16.2. The van der Waals surface area contributed by atoms with Crippen LogP contribution in [-0.4, -0.2) is 17.9 Å². The number of fused-ring (bicyclic) bond motifs is 2. The van der Waals surface area contributed by atoms with Gasteiger partial charge in [0.05, 0.1) is 5.56 Å². The Morgan fingerprint density at radius 3 is 1.96 bits per heavy atom. The molecule has 3 rings (SSSR count). The summed E-state index contributed by atoms with van der Waals surface area (Å²) in [6, 6.07) is 16.9. The summed E-state index contributed by atoms with van der Waals surface area (Å²) in [5, 5.41) is 6.55. The molecule has 0 aliphatic rings. The van der Waals surface area contributed by atoms with Gasteiger partial charge in [-0.25, -0.2) is 0 Å². The van der Waals surface area contributed by atoms with Crippen molar-refractivity contribution < 1.29 is 9.59 Å². The summed E-state index contributed by atoms with van der Waals surface area (Å²) in [5.41, 5.74) is 6.07. The van der Waals surface area contributed by atoms with Crippen molar-refractivity contribution in [1.82, 2.24) is 5.32 Å². The van der Waals surface area contributed by atoms with Crippen molar-refractivity contribution >= 4 is 33.4 Å². The van der Waals surface area contributed by atoms with E-state index in [2.05, 4.69) is 11.4 Å². The highest BCUT2D eigenvalue weighted by Gasteiger charge is 2.22. The summed E-state index contributed by atoms with van der Waals surface area (Å²) in [7, 11) is 0. The van der Waals surface area contributed by atoms with Crippen molar-refractivity contribution in [3.8, 4) is 0 Å². The summed E-state index contributed by atoms with van der Waals surface area (Å²) in [5.74, 6) is -0.522. The summed E-state index contributed by atoms with van der Waals surface area (Å²) in [6.07, 6.45) is 0.518. The van der Waals surface area contributed by atoms with Crippen LogP contribution in [0.5, 0.6) is 0 Å². The molecule has 0 fully saturated rings. The normalized spacial score (nSPS) is 12.4. The molecule has 4 heteroatoms. The lowest BCUT2D eigenvalue weighted by atomic mass is 9.95. The zero-order valence-corrected chi connectivity index (χ0v) is 14.5. The van der Waals surface area contributed by atoms with Crippen LogP contribution >= 0.6 is 0 Å². The maximum absolute atomic E-state index is 13.1. The van der Waals surface area contributed by atoms with Crippen molar-refractivity contribution in [2.75, 3.05) is 0 Å². The first-order valence-electron chi connectivity index (χ1n) is 8.48. The number of benzene rings is 3. The van der Waals surface area contributed by atoms with E-state index in [1.807, 2.05) is 62.4 Å². The van der Waals surface area contributed by atoms with Crippen LogP contribution in [0, 0.1) is 5.92 Å². The maximum Gasteiger partial charge on any atom is 0.253 e. The Morgan fingerprint density at radius 1 is 0.960 bits per heavy atom. The SMILES string of the molecule is CC(C)C[C@H](NC(=O)c1c2ccccc2cc2ccccc12)C(N)=O. The second-order valence-corrected chi connectivity index (χ2v) is 6.75. The fraction of sp³-hybridized carbons (Fsp3) is 0.238. The number of hydrogen-bond acceptors (Lipinski definition) is 2. The van der Waals surface area contributed by atoms with E-state index in [4.69, 9.17) is 5.73 Å². The van der Waals surface area contributed by atoms with Gasteiger partial charge in [0.2, 0.25) is 5.91 Å². The number of nitrogens with two attached hydrogens (primary N) is 1. The van der Waals surface area contributed by atoms with E-state index in [9.17, 15) is 9.59 Å². The Balaban J connectivity index is 2.11. The van der Waals surface area contributed by atoms with E-state index < -0.39 is 11.9 Å². The fourth-order valence-corrected chi connectivity index (χ4v) is 3.21. The van der Waals surface area contributed by atoms with Gasteiger partial charge < -0.3 is 11.1 Å².